The van der Waals surface area contributed by atoms with E-state index in [4.69, 9.17) is 72.1 Å². The summed E-state index contributed by atoms with van der Waals surface area (Å²) in [5, 5.41) is 134. The van der Waals surface area contributed by atoms with Crippen LogP contribution in [0.4, 0.5) is 23.7 Å². The molecule has 6 aromatic rings. The molecule has 3 saturated heterocycles. The van der Waals surface area contributed by atoms with Gasteiger partial charge < -0.3 is 142 Å². The van der Waals surface area contributed by atoms with Crippen LogP contribution in [0.25, 0.3) is 11.1 Å². The largest absolute Gasteiger partial charge is 0.573 e. The number of aliphatic hydroxyl groups excluding tert-OH is 6. The van der Waals surface area contributed by atoms with Crippen molar-refractivity contribution in [3.63, 3.8) is 0 Å². The Balaban J connectivity index is 0.958. The van der Waals surface area contributed by atoms with Crippen LogP contribution < -0.4 is 87.9 Å². The smallest absolute Gasteiger partial charge is 0.508 e. The van der Waals surface area contributed by atoms with Gasteiger partial charge in [-0.3, -0.25) is 43.2 Å². The van der Waals surface area contributed by atoms with Crippen molar-refractivity contribution in [1.82, 2.24) is 57.6 Å². The van der Waals surface area contributed by atoms with Crippen LogP contribution in [0.2, 0.25) is 10.0 Å². The molecule has 43 nitrogen and oxygen atoms in total. The van der Waals surface area contributed by atoms with Crippen molar-refractivity contribution < 1.29 is 153 Å². The fourth-order valence-electron chi connectivity index (χ4n) is 15.8. The first-order chi connectivity index (χ1) is 62.4. The second-order valence-electron chi connectivity index (χ2n) is 32.5. The number of aromatic hydroxyl groups is 3. The van der Waals surface area contributed by atoms with Gasteiger partial charge in [0.1, 0.15) is 101 Å². The van der Waals surface area contributed by atoms with E-state index in [0.717, 1.165) is 84.9 Å². The number of phenols is 3. The van der Waals surface area contributed by atoms with E-state index < -0.39 is 295 Å². The van der Waals surface area contributed by atoms with Crippen LogP contribution >= 0.6 is 23.2 Å². The zero-order chi connectivity index (χ0) is 95.9. The van der Waals surface area contributed by atoms with Crippen molar-refractivity contribution >= 4 is 92.4 Å². The number of halogens is 5. The Kier molecular flexibility index (Phi) is 31.9. The first-order valence-corrected chi connectivity index (χ1v) is 43.6. The number of fused-ring (bicyclic) bond motifs is 15. The summed E-state index contributed by atoms with van der Waals surface area (Å²) in [6, 6.07) is 2.67. The summed E-state index contributed by atoms with van der Waals surface area (Å²) in [5.74, 6) is -16.8. The summed E-state index contributed by atoms with van der Waals surface area (Å²) < 4.78 is 113. The third-order valence-corrected chi connectivity index (χ3v) is 23.7. The number of primary amides is 1. The highest BCUT2D eigenvalue weighted by Crippen LogP contribution is 2.50. The number of anilines is 1. The van der Waals surface area contributed by atoms with Gasteiger partial charge in [-0.25, -0.2) is 20.1 Å². The van der Waals surface area contributed by atoms with Crippen molar-refractivity contribution in [1.29, 1.82) is 0 Å². The lowest BCUT2D eigenvalue weighted by molar-refractivity contribution is -0.334. The Morgan fingerprint density at radius 3 is 1.96 bits per heavy atom. The van der Waals surface area contributed by atoms with Gasteiger partial charge in [-0.05, 0) is 153 Å². The van der Waals surface area contributed by atoms with Gasteiger partial charge in [0.2, 0.25) is 53.4 Å². The fourth-order valence-corrected chi connectivity index (χ4v) is 16.6. The molecule has 11 bridgehead atoms. The number of nitrogens with one attached hydrogen (secondary N) is 11. The van der Waals surface area contributed by atoms with Crippen LogP contribution in [0.3, 0.4) is 0 Å². The summed E-state index contributed by atoms with van der Waals surface area (Å²) in [4.78, 5) is 140. The molecule has 0 aromatic heterocycles. The number of hydroxylamine groups is 1. The van der Waals surface area contributed by atoms with Crippen molar-refractivity contribution in [2.24, 2.45) is 16.8 Å². The number of nitrogens with zero attached hydrogens (tertiary/aromatic N) is 1. The van der Waals surface area contributed by atoms with E-state index in [0.29, 0.717) is 12.8 Å². The molecule has 8 aliphatic rings. The molecule has 10 amide bonds. The molecular formula is C83H99Cl2F3N14O29S. The highest BCUT2D eigenvalue weighted by molar-refractivity contribution is 7.87. The molecule has 716 valence electrons. The number of amides is 10. The zero-order valence-corrected chi connectivity index (χ0v) is 73.2. The quantitative estimate of drug-likeness (QED) is 0.0282. The second kappa shape index (κ2) is 42.3. The lowest BCUT2D eigenvalue weighted by Gasteiger charge is -2.48. The molecule has 0 spiro atoms. The van der Waals surface area contributed by atoms with Crippen molar-refractivity contribution in [2.75, 3.05) is 58.4 Å². The topological polar surface area (TPSA) is 641 Å². The summed E-state index contributed by atoms with van der Waals surface area (Å²) in [6.45, 7) is 5.09. The van der Waals surface area contributed by atoms with Gasteiger partial charge in [0.25, 0.3) is 16.1 Å². The molecule has 18 unspecified atom stereocenters. The molecule has 0 saturated carbocycles. The van der Waals surface area contributed by atoms with Gasteiger partial charge in [-0.2, -0.15) is 8.42 Å². The number of hydrogen-bond donors (Lipinski definition) is 22. The maximum atomic E-state index is 16.4. The Bertz CT molecular complexity index is 5410. The van der Waals surface area contributed by atoms with Crippen LogP contribution in [0.5, 0.6) is 51.7 Å². The number of nitrogens with two attached hydrogens (primary N) is 2. The van der Waals surface area contributed by atoms with Crippen LogP contribution in [-0.4, -0.2) is 257 Å². The van der Waals surface area contributed by atoms with Crippen LogP contribution in [0.15, 0.2) is 103 Å². The lowest BCUT2D eigenvalue weighted by atomic mass is 9.85. The molecule has 8 aliphatic heterocycles. The molecular weight excluding hydrogens is 1820 g/mol. The molecule has 0 aliphatic carbocycles. The number of urea groups is 1. The molecule has 24 N–H and O–H groups in total. The number of rotatable bonds is 25. The van der Waals surface area contributed by atoms with E-state index in [9.17, 15) is 86.7 Å². The summed E-state index contributed by atoms with van der Waals surface area (Å²) in [5.41, 5.74) is 3.52. The molecule has 3 fully saturated rings. The summed E-state index contributed by atoms with van der Waals surface area (Å²) in [7, 11) is -2.86. The Hall–Kier alpha value is -11.3. The van der Waals surface area contributed by atoms with Crippen molar-refractivity contribution in [3.05, 3.63) is 141 Å². The van der Waals surface area contributed by atoms with E-state index in [1.54, 1.807) is 20.8 Å². The van der Waals surface area contributed by atoms with Crippen LogP contribution in [-0.2, 0) is 72.4 Å². The predicted molar refractivity (Wildman–Crippen MR) is 453 cm³/mol. The van der Waals surface area contributed by atoms with E-state index in [-0.39, 0.29) is 67.9 Å². The molecule has 14 rings (SSSR count). The van der Waals surface area contributed by atoms with Crippen LogP contribution in [0.1, 0.15) is 118 Å². The number of hydrogen-bond acceptors (Lipinski definition) is 31. The first kappa shape index (κ1) is 99.7. The number of piperidine rings is 1. The number of alkyl halides is 3. The Morgan fingerprint density at radius 2 is 1.35 bits per heavy atom. The first-order valence-electron chi connectivity index (χ1n) is 41.3. The van der Waals surface area contributed by atoms with Gasteiger partial charge in [0.05, 0.1) is 60.6 Å². The third-order valence-electron chi connectivity index (χ3n) is 22.5. The molecule has 0 radical (unpaired) electrons. The van der Waals surface area contributed by atoms with Gasteiger partial charge in [-0.1, -0.05) is 55.2 Å². The highest BCUT2D eigenvalue weighted by atomic mass is 35.5. The molecule has 132 heavy (non-hydrogen) atoms. The number of likely N-dealkylation sites (N-methyl/N-ethyl adjacent to an activating group) is 1. The number of aliphatic hydroxyl groups is 6. The summed E-state index contributed by atoms with van der Waals surface area (Å²) >= 11 is 14.4. The third kappa shape index (κ3) is 24.2. The van der Waals surface area contributed by atoms with E-state index >= 15 is 24.0 Å². The Morgan fingerprint density at radius 1 is 0.720 bits per heavy atom. The van der Waals surface area contributed by atoms with Gasteiger partial charge in [0, 0.05) is 61.0 Å². The zero-order valence-electron chi connectivity index (χ0n) is 70.9. The average Bonchev–Trinajstić information content (AvgIpc) is 0.764. The molecule has 8 heterocycles. The highest BCUT2D eigenvalue weighted by Gasteiger charge is 2.53. The van der Waals surface area contributed by atoms with E-state index in [2.05, 4.69) is 52.6 Å². The number of ether oxygens (including phenoxy) is 8. The van der Waals surface area contributed by atoms with E-state index in [1.807, 2.05) is 10.2 Å². The standard InChI is InChI=1S/C83H99Cl2F3N14O29S/c1-35(2)24-49(91-5)73(113)99-64-66(108)38-7-14-53(47(84)26-38)126-55-28-40-29-56(70(55)130-80-71(69(111)68(110)57(34-103)128-80)129-59-33-82(4,72(112)36(3)125-59)92-18-22-123-43-16-20-102(21-17-43)81(120)94-41-9-11-44(12-10-41)131-83(86,87)88)127-54-15-8-39(27-48(54)85)67(109)65-78(118)98-63(79(119)101-124-23-19-93-132(90,121)122)46-30-42(104)31-52(106)60(46)45-25-37(6-13-51(45)105)61(75(115)100-65)97-76(116)62(40)96-74(114)50(32-58(89)107)95-77(64)117/h6-15,25-31,35-36,43,49-50,57,59,61-69,71-72,80,91-93,103-106,108-112H,16-24,32-34H2,1-5H3,(H2,89,107)(H,94,120)(H,95,117)(H,96,114)(H,97,116)(H,98,118)(H,99,113)(H,100,115)(H,101,119)(H2,90,121,122). The summed E-state index contributed by atoms with van der Waals surface area (Å²) in [6.07, 6.45) is -24.2. The monoisotopic (exact) mass is 1910 g/mol. The molecule has 18 atom stereocenters. The minimum atomic E-state index is -4.91. The normalized spacial score (nSPS) is 26.3. The van der Waals surface area contributed by atoms with E-state index in [1.165, 1.54) is 37.1 Å². The average molecular weight is 1920 g/mol. The van der Waals surface area contributed by atoms with Gasteiger partial charge in [-0.15, -0.1) is 13.2 Å². The van der Waals surface area contributed by atoms with Crippen LogP contribution in [0, 0.1) is 5.92 Å². The SMILES string of the molecule is CNC(CC(C)C)C(=O)NC1C(=O)NC(CC(N)=O)C(=O)NC2C(=O)NC3C(=O)NC(C(=O)NC(C(=O)NOCCNS(N)(=O)=O)c4cc(O)cc(O)c4-c4cc3ccc4O)C(O)c3ccc(c(Cl)c3)Oc3cc2cc(c3OC2OC(CO)C(O)C(O)C2OC2CC(C)(NCCOC3CCN(C(=O)Nc4ccc(OC(F)(F)F)cc4)CC3)C(O)C(C)O2)Oc2ccc(cc2Cl)C1O. The number of phenolic OH excluding ortho intramolecular Hbond substituents is 3. The maximum Gasteiger partial charge on any atom is 0.573 e. The minimum absolute atomic E-state index is 0.0437. The lowest BCUT2D eigenvalue weighted by Crippen LogP contribution is -2.65. The number of likely N-dealkylation sites (tertiary alicyclic amines) is 1. The molecule has 6 aromatic carbocycles. The van der Waals surface area contributed by atoms with Gasteiger partial charge in [0.15, 0.2) is 23.9 Å². The molecule has 49 heteroatoms. The minimum Gasteiger partial charge on any atom is -0.508 e. The Labute approximate surface area is 760 Å². The second-order valence-corrected chi connectivity index (χ2v) is 34.7. The van der Waals surface area contributed by atoms with Crippen molar-refractivity contribution in [2.45, 2.75) is 182 Å². The van der Waals surface area contributed by atoms with Gasteiger partial charge >= 0.3 is 12.4 Å². The number of benzene rings is 6. The number of carbonyl (C=O) groups is 9. The maximum absolute atomic E-state index is 16.4. The fraction of sp³-hybridized carbons (Fsp3) is 0.458. The number of carbonyl (C=O) groups excluding carboxylic acids is 9. The van der Waals surface area contributed by atoms with Crippen molar-refractivity contribution in [3.8, 4) is 62.9 Å². The predicted octanol–water partition coefficient (Wildman–Crippen LogP) is 1.11.